The number of likely N-dealkylation sites (tertiary alicyclic amines) is 1. The average molecular weight is 524 g/mol. The summed E-state index contributed by atoms with van der Waals surface area (Å²) in [6.07, 6.45) is 4.08. The number of hydrogen-bond donors (Lipinski definition) is 1. The van der Waals surface area contributed by atoms with Crippen molar-refractivity contribution >= 4 is 28.5 Å². The molecule has 1 N–H and O–H groups in total. The maximum atomic E-state index is 14.0. The number of aliphatic hydroxyl groups is 1. The van der Waals surface area contributed by atoms with Gasteiger partial charge in [-0.05, 0) is 80.5 Å². The molecule has 37 heavy (non-hydrogen) atoms. The van der Waals surface area contributed by atoms with Gasteiger partial charge >= 0.3 is 5.63 Å². The molecule has 5 rings (SSSR count). The molecule has 1 amide bonds. The van der Waals surface area contributed by atoms with Gasteiger partial charge in [-0.3, -0.25) is 4.79 Å². The van der Waals surface area contributed by atoms with E-state index in [1.165, 1.54) is 6.07 Å². The molecule has 1 saturated carbocycles. The molecule has 1 aliphatic heterocycles. The topological polar surface area (TPSA) is 80.0 Å². The Morgan fingerprint density at radius 3 is 2.70 bits per heavy atom. The van der Waals surface area contributed by atoms with Crippen molar-refractivity contribution in [2.75, 3.05) is 6.54 Å². The van der Waals surface area contributed by atoms with Crippen LogP contribution in [0.3, 0.4) is 0 Å². The number of piperidine rings is 1. The summed E-state index contributed by atoms with van der Waals surface area (Å²) in [6.45, 7) is 6.10. The fourth-order valence-corrected chi connectivity index (χ4v) is 6.44. The summed E-state index contributed by atoms with van der Waals surface area (Å²) in [7, 11) is 0. The van der Waals surface area contributed by atoms with Crippen molar-refractivity contribution in [1.29, 1.82) is 0 Å². The number of nitrogens with zero attached hydrogens (tertiary/aromatic N) is 1. The number of halogens is 1. The SMILES string of the molecule is CCc1cc(=O)oc2cc(C)cc(O[C@H](C)C(=O)N3CC[C@@]4(O)CCCC[C@H]4[C@@H]3c3ccc(Cl)cc3)c12. The molecular formula is C30H34ClNO5. The van der Waals surface area contributed by atoms with E-state index in [0.717, 1.165) is 47.8 Å². The van der Waals surface area contributed by atoms with E-state index in [2.05, 4.69) is 0 Å². The zero-order chi connectivity index (χ0) is 26.3. The Morgan fingerprint density at radius 1 is 1.22 bits per heavy atom. The van der Waals surface area contributed by atoms with Gasteiger partial charge in [-0.25, -0.2) is 4.79 Å². The van der Waals surface area contributed by atoms with Gasteiger partial charge in [-0.15, -0.1) is 0 Å². The van der Waals surface area contributed by atoms with Gasteiger partial charge < -0.3 is 19.2 Å². The Bertz CT molecular complexity index is 1370. The largest absolute Gasteiger partial charge is 0.480 e. The van der Waals surface area contributed by atoms with E-state index in [9.17, 15) is 14.7 Å². The van der Waals surface area contributed by atoms with Crippen LogP contribution in [0.5, 0.6) is 5.75 Å². The number of carbonyl (C=O) groups is 1. The highest BCUT2D eigenvalue weighted by atomic mass is 35.5. The molecular weight excluding hydrogens is 490 g/mol. The molecule has 2 aromatic carbocycles. The molecule has 3 aromatic rings. The van der Waals surface area contributed by atoms with Gasteiger partial charge in [0.25, 0.3) is 5.91 Å². The molecule has 6 nitrogen and oxygen atoms in total. The third-order valence-electron chi connectivity index (χ3n) is 8.13. The van der Waals surface area contributed by atoms with Gasteiger partial charge in [0.05, 0.1) is 17.0 Å². The summed E-state index contributed by atoms with van der Waals surface area (Å²) in [5.74, 6) is 0.358. The molecule has 0 unspecified atom stereocenters. The fourth-order valence-electron chi connectivity index (χ4n) is 6.32. The van der Waals surface area contributed by atoms with Gasteiger partial charge in [-0.1, -0.05) is 43.5 Å². The summed E-state index contributed by atoms with van der Waals surface area (Å²) in [5.41, 5.74) is 1.97. The lowest BCUT2D eigenvalue weighted by atomic mass is 9.66. The van der Waals surface area contributed by atoms with Crippen LogP contribution < -0.4 is 10.4 Å². The zero-order valence-electron chi connectivity index (χ0n) is 21.6. The van der Waals surface area contributed by atoms with Crippen molar-refractivity contribution in [2.24, 2.45) is 5.92 Å². The zero-order valence-corrected chi connectivity index (χ0v) is 22.4. The van der Waals surface area contributed by atoms with E-state index in [4.69, 9.17) is 20.8 Å². The van der Waals surface area contributed by atoms with Gasteiger partial charge in [0, 0.05) is 23.6 Å². The molecule has 1 aliphatic carbocycles. The van der Waals surface area contributed by atoms with Gasteiger partial charge in [0.15, 0.2) is 6.10 Å². The Labute approximate surface area is 222 Å². The Morgan fingerprint density at radius 2 is 1.97 bits per heavy atom. The van der Waals surface area contributed by atoms with Crippen LogP contribution in [-0.2, 0) is 11.2 Å². The van der Waals surface area contributed by atoms with E-state index in [1.807, 2.05) is 55.1 Å². The van der Waals surface area contributed by atoms with Crippen molar-refractivity contribution in [3.8, 4) is 5.75 Å². The standard InChI is InChI=1S/C30H34ClNO5/c1-4-20-17-26(33)37-25-16-18(2)15-24(27(20)25)36-19(3)29(34)32-14-13-30(35)12-6-5-7-23(30)28(32)21-8-10-22(31)11-9-21/h8-11,15-17,19,23,28,35H,4-7,12-14H2,1-3H3/t19-,23+,28+,30+/m1/s1. The van der Waals surface area contributed by atoms with E-state index < -0.39 is 17.3 Å². The number of ether oxygens (including phenoxy) is 1. The quantitative estimate of drug-likeness (QED) is 0.416. The smallest absolute Gasteiger partial charge is 0.336 e. The first-order valence-corrected chi connectivity index (χ1v) is 13.6. The van der Waals surface area contributed by atoms with E-state index in [-0.39, 0.29) is 17.9 Å². The summed E-state index contributed by atoms with van der Waals surface area (Å²) in [6, 6.07) is 12.5. The number of hydrogen-bond acceptors (Lipinski definition) is 5. The van der Waals surface area contributed by atoms with E-state index >= 15 is 0 Å². The molecule has 0 spiro atoms. The van der Waals surface area contributed by atoms with Crippen LogP contribution in [0.2, 0.25) is 5.02 Å². The molecule has 0 radical (unpaired) electrons. The van der Waals surface area contributed by atoms with Crippen molar-refractivity contribution in [3.63, 3.8) is 0 Å². The van der Waals surface area contributed by atoms with Crippen LogP contribution in [-0.4, -0.2) is 34.2 Å². The van der Waals surface area contributed by atoms with Crippen molar-refractivity contribution < 1.29 is 19.1 Å². The molecule has 2 heterocycles. The van der Waals surface area contributed by atoms with Crippen LogP contribution >= 0.6 is 11.6 Å². The number of amides is 1. The molecule has 1 aromatic heterocycles. The summed E-state index contributed by atoms with van der Waals surface area (Å²) in [5, 5.41) is 12.9. The number of benzene rings is 2. The van der Waals surface area contributed by atoms with Crippen LogP contribution in [0.4, 0.5) is 0 Å². The van der Waals surface area contributed by atoms with Crippen molar-refractivity contribution in [1.82, 2.24) is 4.90 Å². The predicted octanol–water partition coefficient (Wildman–Crippen LogP) is 5.98. The first-order chi connectivity index (χ1) is 17.7. The molecule has 2 fully saturated rings. The summed E-state index contributed by atoms with van der Waals surface area (Å²) in [4.78, 5) is 27.9. The van der Waals surface area contributed by atoms with Crippen molar-refractivity contribution in [2.45, 2.75) is 77.0 Å². The normalized spacial score (nSPS) is 24.5. The lowest BCUT2D eigenvalue weighted by molar-refractivity contribution is -0.161. The molecule has 1 saturated heterocycles. The van der Waals surface area contributed by atoms with Crippen LogP contribution in [0.25, 0.3) is 11.0 Å². The fraction of sp³-hybridized carbons (Fsp3) is 0.467. The third kappa shape index (κ3) is 4.89. The highest BCUT2D eigenvalue weighted by molar-refractivity contribution is 6.30. The molecule has 4 atom stereocenters. The minimum absolute atomic E-state index is 0.0481. The highest BCUT2D eigenvalue weighted by Gasteiger charge is 2.50. The lowest BCUT2D eigenvalue weighted by Crippen LogP contribution is -2.58. The predicted molar refractivity (Wildman–Crippen MR) is 144 cm³/mol. The number of rotatable bonds is 5. The lowest BCUT2D eigenvalue weighted by Gasteiger charge is -2.53. The highest BCUT2D eigenvalue weighted by Crippen LogP contribution is 2.49. The van der Waals surface area contributed by atoms with Gasteiger partial charge in [-0.2, -0.15) is 0 Å². The number of fused-ring (bicyclic) bond motifs is 2. The minimum atomic E-state index is -0.774. The maximum Gasteiger partial charge on any atom is 0.336 e. The first-order valence-electron chi connectivity index (χ1n) is 13.2. The second-order valence-electron chi connectivity index (χ2n) is 10.6. The molecule has 0 bridgehead atoms. The third-order valence-corrected chi connectivity index (χ3v) is 8.38. The number of carbonyl (C=O) groups excluding carboxylic acids is 1. The molecule has 196 valence electrons. The second kappa shape index (κ2) is 10.1. The van der Waals surface area contributed by atoms with Crippen molar-refractivity contribution in [3.05, 3.63) is 74.6 Å². The summed E-state index contributed by atoms with van der Waals surface area (Å²) < 4.78 is 11.8. The Balaban J connectivity index is 1.49. The molecule has 7 heteroatoms. The van der Waals surface area contributed by atoms with Crippen LogP contribution in [0.15, 0.2) is 51.7 Å². The first kappa shape index (κ1) is 25.8. The van der Waals surface area contributed by atoms with Crippen LogP contribution in [0, 0.1) is 12.8 Å². The second-order valence-corrected chi connectivity index (χ2v) is 11.0. The van der Waals surface area contributed by atoms with Crippen LogP contribution in [0.1, 0.15) is 68.7 Å². The van der Waals surface area contributed by atoms with E-state index in [1.54, 1.807) is 6.92 Å². The monoisotopic (exact) mass is 523 g/mol. The Kier molecular flexibility index (Phi) is 7.08. The minimum Gasteiger partial charge on any atom is -0.480 e. The molecule has 2 aliphatic rings. The average Bonchev–Trinajstić information content (AvgIpc) is 2.87. The van der Waals surface area contributed by atoms with Gasteiger partial charge in [0.1, 0.15) is 11.3 Å². The number of aryl methyl sites for hydroxylation is 2. The maximum absolute atomic E-state index is 14.0. The van der Waals surface area contributed by atoms with E-state index in [0.29, 0.717) is 35.7 Å². The Hall–Kier alpha value is -2.83. The summed E-state index contributed by atoms with van der Waals surface area (Å²) >= 11 is 6.17. The van der Waals surface area contributed by atoms with Gasteiger partial charge in [0.2, 0.25) is 0 Å².